The second-order valence-electron chi connectivity index (χ2n) is 5.44. The maximum Gasteiger partial charge on any atom is 0.273 e. The van der Waals surface area contributed by atoms with Gasteiger partial charge in [0.15, 0.2) is 0 Å². The van der Waals surface area contributed by atoms with Crippen molar-refractivity contribution in [2.45, 2.75) is 18.9 Å². The number of nitrogens with one attached hydrogen (secondary N) is 1. The number of amides is 2. The van der Waals surface area contributed by atoms with Gasteiger partial charge >= 0.3 is 0 Å². The Hall–Kier alpha value is -2.96. The smallest absolute Gasteiger partial charge is 0.273 e. The molecule has 3 rings (SSSR count). The Kier molecular flexibility index (Phi) is 4.69. The van der Waals surface area contributed by atoms with E-state index >= 15 is 0 Å². The number of methoxy groups -OCH3 is 1. The lowest BCUT2D eigenvalue weighted by molar-refractivity contribution is -0.119. The fourth-order valence-corrected chi connectivity index (χ4v) is 2.73. The molecular formula is C17H18N4O3. The van der Waals surface area contributed by atoms with E-state index in [0.29, 0.717) is 30.2 Å². The third-order valence-corrected chi connectivity index (χ3v) is 3.92. The summed E-state index contributed by atoms with van der Waals surface area (Å²) in [6.07, 6.45) is 4.52. The molecule has 1 N–H and O–H groups in total. The van der Waals surface area contributed by atoms with Crippen LogP contribution in [0.4, 0.5) is 5.82 Å². The summed E-state index contributed by atoms with van der Waals surface area (Å²) in [6.45, 7) is 0.541. The molecule has 7 nitrogen and oxygen atoms in total. The van der Waals surface area contributed by atoms with Gasteiger partial charge in [0.1, 0.15) is 23.3 Å². The lowest BCUT2D eigenvalue weighted by Gasteiger charge is -2.23. The normalized spacial score (nSPS) is 16.7. The minimum absolute atomic E-state index is 0.230. The van der Waals surface area contributed by atoms with E-state index in [0.717, 1.165) is 6.42 Å². The van der Waals surface area contributed by atoms with Gasteiger partial charge in [0.25, 0.3) is 5.91 Å². The van der Waals surface area contributed by atoms with Gasteiger partial charge in [-0.05, 0) is 31.0 Å². The van der Waals surface area contributed by atoms with Crippen molar-refractivity contribution in [3.05, 3.63) is 48.4 Å². The molecular weight excluding hydrogens is 308 g/mol. The lowest BCUT2D eigenvalue weighted by atomic mass is 10.2. The molecule has 1 saturated heterocycles. The summed E-state index contributed by atoms with van der Waals surface area (Å²) in [4.78, 5) is 34.9. The highest BCUT2D eigenvalue weighted by Crippen LogP contribution is 2.21. The Balaban J connectivity index is 1.72. The highest BCUT2D eigenvalue weighted by Gasteiger charge is 2.35. The van der Waals surface area contributed by atoms with Gasteiger partial charge < -0.3 is 15.0 Å². The van der Waals surface area contributed by atoms with Gasteiger partial charge in [0.05, 0.1) is 7.11 Å². The number of hydrogen-bond donors (Lipinski definition) is 1. The van der Waals surface area contributed by atoms with E-state index in [4.69, 9.17) is 4.74 Å². The standard InChI is InChI=1S/C17H18N4O3/c1-24-12-7-9-19-15(11-12)20-16(22)14-6-4-10-21(14)17(23)13-5-2-3-8-18-13/h2-3,5,7-9,11,14H,4,6,10H2,1H3,(H,19,20,22)/t14-/m0/s1. The van der Waals surface area contributed by atoms with Crippen LogP contribution in [0.1, 0.15) is 23.3 Å². The molecule has 1 aliphatic rings. The topological polar surface area (TPSA) is 84.4 Å². The molecule has 1 fully saturated rings. The van der Waals surface area contributed by atoms with Crippen LogP contribution >= 0.6 is 0 Å². The number of carbonyl (C=O) groups excluding carboxylic acids is 2. The van der Waals surface area contributed by atoms with Gasteiger partial charge in [-0.2, -0.15) is 0 Å². The fraction of sp³-hybridized carbons (Fsp3) is 0.294. The largest absolute Gasteiger partial charge is 0.497 e. The minimum atomic E-state index is -0.521. The van der Waals surface area contributed by atoms with Crippen molar-refractivity contribution in [2.24, 2.45) is 0 Å². The van der Waals surface area contributed by atoms with Crippen LogP contribution in [0.2, 0.25) is 0 Å². The highest BCUT2D eigenvalue weighted by atomic mass is 16.5. The monoisotopic (exact) mass is 326 g/mol. The molecule has 24 heavy (non-hydrogen) atoms. The van der Waals surface area contributed by atoms with Crippen molar-refractivity contribution in [3.63, 3.8) is 0 Å². The summed E-state index contributed by atoms with van der Waals surface area (Å²) in [5.41, 5.74) is 0.344. The molecule has 3 heterocycles. The van der Waals surface area contributed by atoms with E-state index in [1.165, 1.54) is 0 Å². The molecule has 0 bridgehead atoms. The van der Waals surface area contributed by atoms with Crippen LogP contribution in [-0.2, 0) is 4.79 Å². The molecule has 2 aromatic rings. The van der Waals surface area contributed by atoms with Crippen molar-refractivity contribution in [3.8, 4) is 5.75 Å². The first-order valence-electron chi connectivity index (χ1n) is 7.72. The van der Waals surface area contributed by atoms with Crippen LogP contribution in [0, 0.1) is 0 Å². The first-order valence-corrected chi connectivity index (χ1v) is 7.72. The first-order chi connectivity index (χ1) is 11.7. The summed E-state index contributed by atoms with van der Waals surface area (Å²) in [5, 5.41) is 2.75. The number of likely N-dealkylation sites (tertiary alicyclic amines) is 1. The van der Waals surface area contributed by atoms with E-state index in [1.54, 1.807) is 54.7 Å². The van der Waals surface area contributed by atoms with E-state index in [1.807, 2.05) is 0 Å². The molecule has 1 aliphatic heterocycles. The quantitative estimate of drug-likeness (QED) is 0.925. The molecule has 7 heteroatoms. The summed E-state index contributed by atoms with van der Waals surface area (Å²) in [7, 11) is 1.55. The molecule has 0 radical (unpaired) electrons. The zero-order valence-electron chi connectivity index (χ0n) is 13.3. The third-order valence-electron chi connectivity index (χ3n) is 3.92. The molecule has 0 aromatic carbocycles. The second-order valence-corrected chi connectivity index (χ2v) is 5.44. The van der Waals surface area contributed by atoms with Crippen molar-refractivity contribution < 1.29 is 14.3 Å². The number of anilines is 1. The Morgan fingerprint density at radius 2 is 2.12 bits per heavy atom. The van der Waals surface area contributed by atoms with Crippen LogP contribution in [0.5, 0.6) is 5.75 Å². The van der Waals surface area contributed by atoms with Crippen LogP contribution in [-0.4, -0.2) is 46.4 Å². The van der Waals surface area contributed by atoms with Gasteiger partial charge in [0, 0.05) is 25.0 Å². The molecule has 2 amide bonds. The zero-order chi connectivity index (χ0) is 16.9. The van der Waals surface area contributed by atoms with Crippen LogP contribution in [0.15, 0.2) is 42.7 Å². The Labute approximate surface area is 139 Å². The number of hydrogen-bond acceptors (Lipinski definition) is 5. The zero-order valence-corrected chi connectivity index (χ0v) is 13.3. The first kappa shape index (κ1) is 15.9. The Morgan fingerprint density at radius 3 is 2.88 bits per heavy atom. The number of carbonyl (C=O) groups is 2. The molecule has 2 aromatic heterocycles. The van der Waals surface area contributed by atoms with Crippen molar-refractivity contribution in [2.75, 3.05) is 19.0 Å². The number of pyridine rings is 2. The lowest BCUT2D eigenvalue weighted by Crippen LogP contribution is -2.43. The minimum Gasteiger partial charge on any atom is -0.497 e. The van der Waals surface area contributed by atoms with E-state index in [-0.39, 0.29) is 11.8 Å². The molecule has 1 atom stereocenters. The molecule has 0 spiro atoms. The van der Waals surface area contributed by atoms with Gasteiger partial charge in [-0.25, -0.2) is 4.98 Å². The number of aromatic nitrogens is 2. The molecule has 0 aliphatic carbocycles. The number of ether oxygens (including phenoxy) is 1. The summed E-state index contributed by atoms with van der Waals surface area (Å²) >= 11 is 0. The number of nitrogens with zero attached hydrogens (tertiary/aromatic N) is 3. The predicted octanol–water partition coefficient (Wildman–Crippen LogP) is 1.73. The maximum absolute atomic E-state index is 12.6. The average molecular weight is 326 g/mol. The summed E-state index contributed by atoms with van der Waals surface area (Å²) in [6, 6.07) is 7.97. The second kappa shape index (κ2) is 7.08. The van der Waals surface area contributed by atoms with Crippen LogP contribution < -0.4 is 10.1 Å². The average Bonchev–Trinajstić information content (AvgIpc) is 3.12. The molecule has 0 saturated carbocycles. The van der Waals surface area contributed by atoms with Crippen LogP contribution in [0.3, 0.4) is 0 Å². The molecule has 124 valence electrons. The van der Waals surface area contributed by atoms with Gasteiger partial charge in [-0.15, -0.1) is 0 Å². The van der Waals surface area contributed by atoms with Crippen molar-refractivity contribution in [1.82, 2.24) is 14.9 Å². The molecule has 0 unspecified atom stereocenters. The van der Waals surface area contributed by atoms with E-state index < -0.39 is 6.04 Å². The summed E-state index contributed by atoms with van der Waals surface area (Å²) in [5.74, 6) is 0.522. The predicted molar refractivity (Wildman–Crippen MR) is 87.7 cm³/mol. The van der Waals surface area contributed by atoms with Crippen LogP contribution in [0.25, 0.3) is 0 Å². The SMILES string of the molecule is COc1ccnc(NC(=O)[C@@H]2CCCN2C(=O)c2ccccn2)c1. The van der Waals surface area contributed by atoms with Gasteiger partial charge in [-0.1, -0.05) is 6.07 Å². The fourth-order valence-electron chi connectivity index (χ4n) is 2.73. The summed E-state index contributed by atoms with van der Waals surface area (Å²) < 4.78 is 5.11. The third kappa shape index (κ3) is 3.34. The Morgan fingerprint density at radius 1 is 1.25 bits per heavy atom. The highest BCUT2D eigenvalue weighted by molar-refractivity contribution is 6.00. The Bertz CT molecular complexity index is 736. The van der Waals surface area contributed by atoms with Gasteiger partial charge in [0.2, 0.25) is 5.91 Å². The van der Waals surface area contributed by atoms with E-state index in [2.05, 4.69) is 15.3 Å². The van der Waals surface area contributed by atoms with E-state index in [9.17, 15) is 9.59 Å². The van der Waals surface area contributed by atoms with Crippen molar-refractivity contribution in [1.29, 1.82) is 0 Å². The number of rotatable bonds is 4. The maximum atomic E-state index is 12.6. The van der Waals surface area contributed by atoms with Gasteiger partial charge in [-0.3, -0.25) is 14.6 Å². The van der Waals surface area contributed by atoms with Crippen molar-refractivity contribution >= 4 is 17.6 Å².